The van der Waals surface area contributed by atoms with Crippen LogP contribution in [0.1, 0.15) is 20.3 Å². The standard InChI is InChI=1S/C9H16N2/c1-7-5-11-6-8(2)9(7)3-4-10/h7-9,11H,3,5-6H2,1-2H3. The Balaban J connectivity index is 2.49. The van der Waals surface area contributed by atoms with E-state index >= 15 is 0 Å². The number of nitriles is 1. The molecule has 2 nitrogen and oxygen atoms in total. The van der Waals surface area contributed by atoms with E-state index in [-0.39, 0.29) is 0 Å². The van der Waals surface area contributed by atoms with Crippen molar-refractivity contribution >= 4 is 0 Å². The predicted octanol–water partition coefficient (Wildman–Crippen LogP) is 1.39. The number of hydrogen-bond acceptors (Lipinski definition) is 2. The topological polar surface area (TPSA) is 35.8 Å². The van der Waals surface area contributed by atoms with Crippen molar-refractivity contribution in [1.29, 1.82) is 5.26 Å². The molecule has 1 fully saturated rings. The van der Waals surface area contributed by atoms with Crippen LogP contribution in [0.25, 0.3) is 0 Å². The van der Waals surface area contributed by atoms with E-state index in [1.807, 2.05) is 0 Å². The average Bonchev–Trinajstić information content (AvgIpc) is 1.97. The summed E-state index contributed by atoms with van der Waals surface area (Å²) in [5.74, 6) is 1.94. The van der Waals surface area contributed by atoms with Crippen LogP contribution in [0.5, 0.6) is 0 Å². The smallest absolute Gasteiger partial charge is 0.0624 e. The summed E-state index contributed by atoms with van der Waals surface area (Å²) in [6, 6.07) is 2.27. The van der Waals surface area contributed by atoms with Crippen LogP contribution in [0.15, 0.2) is 0 Å². The molecule has 0 aromatic rings. The Morgan fingerprint density at radius 3 is 2.36 bits per heavy atom. The maximum absolute atomic E-state index is 8.58. The normalized spacial score (nSPS) is 38.1. The fraction of sp³-hybridized carbons (Fsp3) is 0.889. The summed E-state index contributed by atoms with van der Waals surface area (Å²) in [6.45, 7) is 6.61. The summed E-state index contributed by atoms with van der Waals surface area (Å²) in [5, 5.41) is 11.9. The van der Waals surface area contributed by atoms with Gasteiger partial charge in [0.2, 0.25) is 0 Å². The summed E-state index contributed by atoms with van der Waals surface area (Å²) in [4.78, 5) is 0. The lowest BCUT2D eigenvalue weighted by Crippen LogP contribution is -2.40. The van der Waals surface area contributed by atoms with Gasteiger partial charge in [-0.05, 0) is 30.8 Å². The van der Waals surface area contributed by atoms with Crippen molar-refractivity contribution in [2.45, 2.75) is 20.3 Å². The lowest BCUT2D eigenvalue weighted by Gasteiger charge is -2.33. The molecule has 0 radical (unpaired) electrons. The molecule has 0 bridgehead atoms. The molecule has 0 spiro atoms. The van der Waals surface area contributed by atoms with Crippen molar-refractivity contribution in [3.05, 3.63) is 0 Å². The molecule has 1 rings (SSSR count). The van der Waals surface area contributed by atoms with Gasteiger partial charge in [0.05, 0.1) is 6.07 Å². The molecular formula is C9H16N2. The lowest BCUT2D eigenvalue weighted by atomic mass is 9.79. The first-order chi connectivity index (χ1) is 5.25. The van der Waals surface area contributed by atoms with Gasteiger partial charge in [-0.2, -0.15) is 5.26 Å². The molecule has 1 aliphatic rings. The Labute approximate surface area is 68.6 Å². The largest absolute Gasteiger partial charge is 0.316 e. The minimum Gasteiger partial charge on any atom is -0.316 e. The monoisotopic (exact) mass is 152 g/mol. The zero-order chi connectivity index (χ0) is 8.27. The van der Waals surface area contributed by atoms with Gasteiger partial charge < -0.3 is 5.32 Å². The number of piperidine rings is 1. The Bertz CT molecular complexity index is 149. The molecule has 1 N–H and O–H groups in total. The number of nitrogens with zero attached hydrogens (tertiary/aromatic N) is 1. The third-order valence-corrected chi connectivity index (χ3v) is 2.72. The van der Waals surface area contributed by atoms with Crippen LogP contribution in [0.3, 0.4) is 0 Å². The highest BCUT2D eigenvalue weighted by Crippen LogP contribution is 2.26. The van der Waals surface area contributed by atoms with Crippen molar-refractivity contribution in [3.8, 4) is 6.07 Å². The molecule has 0 aromatic heterocycles. The minimum atomic E-state index is 0.612. The van der Waals surface area contributed by atoms with Crippen LogP contribution in [-0.2, 0) is 0 Å². The highest BCUT2D eigenvalue weighted by atomic mass is 14.9. The van der Waals surface area contributed by atoms with E-state index in [1.165, 1.54) is 0 Å². The van der Waals surface area contributed by atoms with Crippen LogP contribution < -0.4 is 5.32 Å². The van der Waals surface area contributed by atoms with E-state index < -0.39 is 0 Å². The Kier molecular flexibility index (Phi) is 2.90. The van der Waals surface area contributed by atoms with E-state index in [0.717, 1.165) is 19.5 Å². The quantitative estimate of drug-likeness (QED) is 0.616. The molecule has 1 saturated heterocycles. The predicted molar refractivity (Wildman–Crippen MR) is 44.9 cm³/mol. The SMILES string of the molecule is CC1CNCC(C)C1CC#N. The maximum atomic E-state index is 8.58. The molecule has 0 amide bonds. The van der Waals surface area contributed by atoms with Crippen molar-refractivity contribution in [1.82, 2.24) is 5.32 Å². The Morgan fingerprint density at radius 2 is 1.91 bits per heavy atom. The fourth-order valence-corrected chi connectivity index (χ4v) is 1.91. The van der Waals surface area contributed by atoms with Crippen LogP contribution in [0, 0.1) is 29.1 Å². The highest BCUT2D eigenvalue weighted by Gasteiger charge is 2.26. The van der Waals surface area contributed by atoms with Gasteiger partial charge in [-0.1, -0.05) is 13.8 Å². The Morgan fingerprint density at radius 1 is 1.36 bits per heavy atom. The molecule has 62 valence electrons. The fourth-order valence-electron chi connectivity index (χ4n) is 1.91. The summed E-state index contributed by atoms with van der Waals surface area (Å²) >= 11 is 0. The van der Waals surface area contributed by atoms with Crippen LogP contribution in [0.2, 0.25) is 0 Å². The highest BCUT2D eigenvalue weighted by molar-refractivity contribution is 4.86. The molecule has 0 aliphatic carbocycles. The molecule has 2 atom stereocenters. The van der Waals surface area contributed by atoms with Gasteiger partial charge >= 0.3 is 0 Å². The van der Waals surface area contributed by atoms with Crippen LogP contribution in [0.4, 0.5) is 0 Å². The van der Waals surface area contributed by atoms with Crippen molar-refractivity contribution < 1.29 is 0 Å². The third kappa shape index (κ3) is 1.94. The zero-order valence-electron chi connectivity index (χ0n) is 7.30. The van der Waals surface area contributed by atoms with E-state index in [4.69, 9.17) is 5.26 Å². The van der Waals surface area contributed by atoms with Gasteiger partial charge in [0, 0.05) is 6.42 Å². The van der Waals surface area contributed by atoms with Crippen LogP contribution in [-0.4, -0.2) is 13.1 Å². The van der Waals surface area contributed by atoms with Gasteiger partial charge in [-0.3, -0.25) is 0 Å². The molecular weight excluding hydrogens is 136 g/mol. The zero-order valence-corrected chi connectivity index (χ0v) is 7.30. The summed E-state index contributed by atoms with van der Waals surface area (Å²) < 4.78 is 0. The van der Waals surface area contributed by atoms with Crippen molar-refractivity contribution in [2.75, 3.05) is 13.1 Å². The summed E-state index contributed by atoms with van der Waals surface area (Å²) in [6.07, 6.45) is 0.726. The average molecular weight is 152 g/mol. The van der Waals surface area contributed by atoms with Crippen molar-refractivity contribution in [2.24, 2.45) is 17.8 Å². The summed E-state index contributed by atoms with van der Waals surface area (Å²) in [5.41, 5.74) is 0. The second-order valence-corrected chi connectivity index (χ2v) is 3.64. The second kappa shape index (κ2) is 3.73. The second-order valence-electron chi connectivity index (χ2n) is 3.64. The molecule has 2 unspecified atom stereocenters. The van der Waals surface area contributed by atoms with Crippen molar-refractivity contribution in [3.63, 3.8) is 0 Å². The molecule has 11 heavy (non-hydrogen) atoms. The first-order valence-corrected chi connectivity index (χ1v) is 4.33. The van der Waals surface area contributed by atoms with Gasteiger partial charge in [0.1, 0.15) is 0 Å². The van der Waals surface area contributed by atoms with Gasteiger partial charge in [0.15, 0.2) is 0 Å². The van der Waals surface area contributed by atoms with E-state index in [0.29, 0.717) is 17.8 Å². The Hall–Kier alpha value is -0.550. The van der Waals surface area contributed by atoms with Crippen LogP contribution >= 0.6 is 0 Å². The first kappa shape index (κ1) is 8.55. The first-order valence-electron chi connectivity index (χ1n) is 4.33. The molecule has 1 aliphatic heterocycles. The van der Waals surface area contributed by atoms with E-state index in [9.17, 15) is 0 Å². The van der Waals surface area contributed by atoms with E-state index in [1.54, 1.807) is 0 Å². The molecule has 2 heteroatoms. The maximum Gasteiger partial charge on any atom is 0.0624 e. The van der Waals surface area contributed by atoms with Gasteiger partial charge in [-0.25, -0.2) is 0 Å². The van der Waals surface area contributed by atoms with Gasteiger partial charge in [0.25, 0.3) is 0 Å². The molecule has 1 heterocycles. The van der Waals surface area contributed by atoms with E-state index in [2.05, 4.69) is 25.2 Å². The molecule has 0 saturated carbocycles. The minimum absolute atomic E-state index is 0.612. The third-order valence-electron chi connectivity index (χ3n) is 2.72. The number of nitrogens with one attached hydrogen (secondary N) is 1. The summed E-state index contributed by atoms with van der Waals surface area (Å²) in [7, 11) is 0. The number of hydrogen-bond donors (Lipinski definition) is 1. The van der Waals surface area contributed by atoms with Gasteiger partial charge in [-0.15, -0.1) is 0 Å². The molecule has 0 aromatic carbocycles. The number of rotatable bonds is 1. The lowest BCUT2D eigenvalue weighted by molar-refractivity contribution is 0.200.